The van der Waals surface area contributed by atoms with Gasteiger partial charge in [0.15, 0.2) is 0 Å². The molecule has 1 saturated heterocycles. The molecule has 0 radical (unpaired) electrons. The largest absolute Gasteiger partial charge is 0.508 e. The number of phenols is 1. The summed E-state index contributed by atoms with van der Waals surface area (Å²) in [6.45, 7) is 3.40. The number of amidine groups is 1. The van der Waals surface area contributed by atoms with Crippen molar-refractivity contribution in [3.63, 3.8) is 0 Å². The van der Waals surface area contributed by atoms with Crippen LogP contribution in [0.5, 0.6) is 5.75 Å². The summed E-state index contributed by atoms with van der Waals surface area (Å²) in [6, 6.07) is 9.35. The molecule has 5 N–H and O–H groups in total. The van der Waals surface area contributed by atoms with E-state index in [9.17, 15) is 14.7 Å². The van der Waals surface area contributed by atoms with E-state index in [2.05, 4.69) is 5.32 Å². The van der Waals surface area contributed by atoms with Crippen molar-refractivity contribution in [1.82, 2.24) is 15.7 Å². The Kier molecular flexibility index (Phi) is 7.79. The summed E-state index contributed by atoms with van der Waals surface area (Å²) in [4.78, 5) is 26.9. The number of rotatable bonds is 5. The van der Waals surface area contributed by atoms with E-state index < -0.39 is 0 Å². The summed E-state index contributed by atoms with van der Waals surface area (Å²) in [6.07, 6.45) is 2.04. The Labute approximate surface area is 180 Å². The number of likely N-dealkylation sites (tertiary alicyclic amines) is 1. The lowest BCUT2D eigenvalue weighted by atomic mass is 10.0. The summed E-state index contributed by atoms with van der Waals surface area (Å²) in [5.41, 5.74) is 4.28. The fraction of sp³-hybridized carbons (Fsp3) is 0.286. The van der Waals surface area contributed by atoms with Crippen molar-refractivity contribution in [1.29, 1.82) is 5.41 Å². The van der Waals surface area contributed by atoms with Crippen molar-refractivity contribution in [3.05, 3.63) is 64.2 Å². The minimum absolute atomic E-state index is 0. The van der Waals surface area contributed by atoms with Crippen molar-refractivity contribution >= 4 is 30.1 Å². The maximum Gasteiger partial charge on any atom is 0.254 e. The van der Waals surface area contributed by atoms with Gasteiger partial charge < -0.3 is 15.3 Å². The van der Waals surface area contributed by atoms with Gasteiger partial charge in [-0.15, -0.1) is 12.4 Å². The lowest BCUT2D eigenvalue weighted by Gasteiger charge is -2.17. The highest BCUT2D eigenvalue weighted by Gasteiger charge is 2.21. The summed E-state index contributed by atoms with van der Waals surface area (Å²) in [5.74, 6) is -0.587. The lowest BCUT2D eigenvalue weighted by Crippen LogP contribution is -2.28. The molecule has 9 heteroatoms. The van der Waals surface area contributed by atoms with Crippen LogP contribution in [0.3, 0.4) is 0 Å². The summed E-state index contributed by atoms with van der Waals surface area (Å²) >= 11 is 0. The van der Waals surface area contributed by atoms with E-state index in [1.165, 1.54) is 18.2 Å². The van der Waals surface area contributed by atoms with Gasteiger partial charge in [0.05, 0.1) is 0 Å². The third-order valence-corrected chi connectivity index (χ3v) is 5.03. The number of hydrogen-bond acceptors (Lipinski definition) is 5. The SMILES string of the molecule is Cc1cc(C(=O)NCc2cc(C(=N)NO)ccc2O)ccc1C(=O)N1CCCC1.Cl. The Bertz CT molecular complexity index is 958. The highest BCUT2D eigenvalue weighted by molar-refractivity contribution is 5.99. The molecule has 1 aliphatic rings. The van der Waals surface area contributed by atoms with Crippen LogP contribution in [0, 0.1) is 12.3 Å². The number of aryl methyl sites for hydroxylation is 1. The number of carbonyl (C=O) groups excluding carboxylic acids is 2. The molecule has 3 rings (SSSR count). The molecule has 0 spiro atoms. The molecule has 0 unspecified atom stereocenters. The average molecular weight is 433 g/mol. The monoisotopic (exact) mass is 432 g/mol. The fourth-order valence-corrected chi connectivity index (χ4v) is 3.36. The molecular formula is C21H25ClN4O4. The number of aromatic hydroxyl groups is 1. The van der Waals surface area contributed by atoms with Gasteiger partial charge in [0.1, 0.15) is 11.6 Å². The second-order valence-electron chi connectivity index (χ2n) is 7.04. The smallest absolute Gasteiger partial charge is 0.254 e. The minimum atomic E-state index is -0.339. The van der Waals surface area contributed by atoms with Gasteiger partial charge in [-0.2, -0.15) is 0 Å². The number of carbonyl (C=O) groups is 2. The predicted octanol–water partition coefficient (Wildman–Crippen LogP) is 2.59. The van der Waals surface area contributed by atoms with Crippen LogP contribution >= 0.6 is 12.4 Å². The normalized spacial score (nSPS) is 12.8. The van der Waals surface area contributed by atoms with E-state index in [1.807, 2.05) is 11.8 Å². The summed E-state index contributed by atoms with van der Waals surface area (Å²) in [5, 5.41) is 29.1. The second-order valence-corrected chi connectivity index (χ2v) is 7.04. The molecule has 2 aromatic rings. The van der Waals surface area contributed by atoms with Gasteiger partial charge in [0.25, 0.3) is 11.8 Å². The Hall–Kier alpha value is -3.10. The highest BCUT2D eigenvalue weighted by Crippen LogP contribution is 2.20. The lowest BCUT2D eigenvalue weighted by molar-refractivity contribution is 0.0791. The van der Waals surface area contributed by atoms with Crippen LogP contribution in [0.2, 0.25) is 0 Å². The first kappa shape index (κ1) is 23.2. The van der Waals surface area contributed by atoms with Gasteiger partial charge in [0, 0.05) is 41.9 Å². The molecule has 0 atom stereocenters. The molecule has 1 aliphatic heterocycles. The number of benzene rings is 2. The standard InChI is InChI=1S/C21H24N4O4.ClH/c1-13-10-15(4-6-17(13)21(28)25-8-2-3-9-25)20(27)23-12-16-11-14(19(22)24-29)5-7-18(16)26;/h4-7,10-11,26,29H,2-3,8-9,12H2,1H3,(H2,22,24)(H,23,27);1H. The molecule has 30 heavy (non-hydrogen) atoms. The number of amides is 2. The number of halogens is 1. The molecule has 0 aliphatic carbocycles. The van der Waals surface area contributed by atoms with E-state index in [-0.39, 0.29) is 42.4 Å². The quantitative estimate of drug-likeness (QED) is 0.282. The van der Waals surface area contributed by atoms with Gasteiger partial charge >= 0.3 is 0 Å². The number of phenolic OH excluding ortho intramolecular Hbond substituents is 1. The fourth-order valence-electron chi connectivity index (χ4n) is 3.36. The summed E-state index contributed by atoms with van der Waals surface area (Å²) < 4.78 is 0. The topological polar surface area (TPSA) is 126 Å². The molecule has 8 nitrogen and oxygen atoms in total. The number of hydroxylamine groups is 1. The van der Waals surface area contributed by atoms with Crippen LogP contribution < -0.4 is 10.8 Å². The van der Waals surface area contributed by atoms with E-state index in [0.717, 1.165) is 31.5 Å². The van der Waals surface area contributed by atoms with E-state index in [4.69, 9.17) is 10.6 Å². The summed E-state index contributed by atoms with van der Waals surface area (Å²) in [7, 11) is 0. The van der Waals surface area contributed by atoms with Crippen molar-refractivity contribution in [2.75, 3.05) is 13.1 Å². The predicted molar refractivity (Wildman–Crippen MR) is 115 cm³/mol. The second kappa shape index (κ2) is 10.1. The first-order valence-electron chi connectivity index (χ1n) is 9.39. The van der Waals surface area contributed by atoms with Crippen molar-refractivity contribution in [3.8, 4) is 5.75 Å². The van der Waals surface area contributed by atoms with Gasteiger partial charge in [0.2, 0.25) is 0 Å². The van der Waals surface area contributed by atoms with Crippen LogP contribution in [0.15, 0.2) is 36.4 Å². The minimum Gasteiger partial charge on any atom is -0.508 e. The molecule has 0 aromatic heterocycles. The van der Waals surface area contributed by atoms with Crippen LogP contribution in [-0.2, 0) is 6.54 Å². The molecule has 1 heterocycles. The number of nitrogens with one attached hydrogen (secondary N) is 3. The highest BCUT2D eigenvalue weighted by atomic mass is 35.5. The Morgan fingerprint density at radius 2 is 1.77 bits per heavy atom. The Balaban J connectivity index is 0.00000320. The molecule has 0 saturated carbocycles. The van der Waals surface area contributed by atoms with Crippen molar-refractivity contribution in [2.45, 2.75) is 26.3 Å². The van der Waals surface area contributed by atoms with E-state index >= 15 is 0 Å². The van der Waals surface area contributed by atoms with Crippen LogP contribution in [-0.4, -0.2) is 46.0 Å². The van der Waals surface area contributed by atoms with Crippen molar-refractivity contribution in [2.24, 2.45) is 0 Å². The van der Waals surface area contributed by atoms with Crippen LogP contribution in [0.4, 0.5) is 0 Å². The Morgan fingerprint density at radius 1 is 1.10 bits per heavy atom. The molecule has 0 bridgehead atoms. The third kappa shape index (κ3) is 5.08. The maximum absolute atomic E-state index is 12.6. The van der Waals surface area contributed by atoms with Gasteiger partial charge in [-0.3, -0.25) is 25.7 Å². The molecule has 2 aromatic carbocycles. The first-order valence-corrected chi connectivity index (χ1v) is 9.39. The molecule has 1 fully saturated rings. The van der Waals surface area contributed by atoms with Crippen LogP contribution in [0.1, 0.15) is 50.2 Å². The van der Waals surface area contributed by atoms with E-state index in [0.29, 0.717) is 22.3 Å². The van der Waals surface area contributed by atoms with Gasteiger partial charge in [-0.1, -0.05) is 0 Å². The average Bonchev–Trinajstić information content (AvgIpc) is 3.26. The molecule has 160 valence electrons. The van der Waals surface area contributed by atoms with Gasteiger partial charge in [-0.05, 0) is 61.7 Å². The maximum atomic E-state index is 12.6. The Morgan fingerprint density at radius 3 is 2.40 bits per heavy atom. The zero-order valence-electron chi connectivity index (χ0n) is 16.6. The van der Waals surface area contributed by atoms with E-state index in [1.54, 1.807) is 23.7 Å². The molecular weight excluding hydrogens is 408 g/mol. The van der Waals surface area contributed by atoms with Crippen LogP contribution in [0.25, 0.3) is 0 Å². The number of hydrogen-bond donors (Lipinski definition) is 5. The van der Waals surface area contributed by atoms with Gasteiger partial charge in [-0.25, -0.2) is 0 Å². The number of nitrogens with zero attached hydrogens (tertiary/aromatic N) is 1. The zero-order chi connectivity index (χ0) is 21.0. The third-order valence-electron chi connectivity index (χ3n) is 5.03. The first-order chi connectivity index (χ1) is 13.9. The molecule has 2 amide bonds. The zero-order valence-corrected chi connectivity index (χ0v) is 17.4. The van der Waals surface area contributed by atoms with Crippen molar-refractivity contribution < 1.29 is 19.9 Å².